The number of rotatable bonds is 1. The molecule has 0 radical (unpaired) electrons. The first kappa shape index (κ1) is 9.41. The molecular formula is C16H14. The van der Waals surface area contributed by atoms with Gasteiger partial charge in [0.05, 0.1) is 0 Å². The summed E-state index contributed by atoms with van der Waals surface area (Å²) in [6.07, 6.45) is 3.38. The lowest BCUT2D eigenvalue weighted by Gasteiger charge is -2.03. The predicted octanol–water partition coefficient (Wildman–Crippen LogP) is 4.09. The normalized spacial score (nSPS) is 13.4. The SMILES string of the molecule is Cc1cccc(C2=Cc3ccccc3C2)c1. The van der Waals surface area contributed by atoms with E-state index in [1.54, 1.807) is 0 Å². The first-order valence-electron chi connectivity index (χ1n) is 5.68. The summed E-state index contributed by atoms with van der Waals surface area (Å²) in [5, 5.41) is 0. The number of benzene rings is 2. The average Bonchev–Trinajstić information content (AvgIpc) is 2.72. The van der Waals surface area contributed by atoms with Crippen LogP contribution in [0.25, 0.3) is 11.6 Å². The van der Waals surface area contributed by atoms with E-state index in [4.69, 9.17) is 0 Å². The van der Waals surface area contributed by atoms with E-state index in [9.17, 15) is 0 Å². The molecule has 0 heterocycles. The van der Waals surface area contributed by atoms with Crippen molar-refractivity contribution in [1.29, 1.82) is 0 Å². The Bertz CT molecular complexity index is 562. The topological polar surface area (TPSA) is 0 Å². The van der Waals surface area contributed by atoms with Crippen molar-refractivity contribution < 1.29 is 0 Å². The van der Waals surface area contributed by atoms with Crippen LogP contribution in [0.4, 0.5) is 0 Å². The molecule has 1 aliphatic rings. The van der Waals surface area contributed by atoms with Crippen LogP contribution < -0.4 is 0 Å². The van der Waals surface area contributed by atoms with Gasteiger partial charge in [0, 0.05) is 0 Å². The molecule has 0 fully saturated rings. The molecule has 0 unspecified atom stereocenters. The Hall–Kier alpha value is -1.82. The van der Waals surface area contributed by atoms with Gasteiger partial charge in [0.25, 0.3) is 0 Å². The highest BCUT2D eigenvalue weighted by atomic mass is 14.2. The standard InChI is InChI=1S/C16H14/c1-12-5-4-8-13(9-12)16-10-14-6-2-3-7-15(14)11-16/h2-10H,11H2,1H3. The van der Waals surface area contributed by atoms with Gasteiger partial charge in [0.2, 0.25) is 0 Å². The second kappa shape index (κ2) is 3.64. The molecule has 2 aromatic carbocycles. The van der Waals surface area contributed by atoms with E-state index in [0.29, 0.717) is 0 Å². The summed E-state index contributed by atoms with van der Waals surface area (Å²) in [6, 6.07) is 17.4. The van der Waals surface area contributed by atoms with Gasteiger partial charge in [0.1, 0.15) is 0 Å². The molecule has 0 heteroatoms. The van der Waals surface area contributed by atoms with Gasteiger partial charge in [-0.2, -0.15) is 0 Å². The first-order valence-corrected chi connectivity index (χ1v) is 5.68. The Morgan fingerprint density at radius 1 is 0.938 bits per heavy atom. The van der Waals surface area contributed by atoms with Gasteiger partial charge in [-0.3, -0.25) is 0 Å². The van der Waals surface area contributed by atoms with Gasteiger partial charge < -0.3 is 0 Å². The van der Waals surface area contributed by atoms with Gasteiger partial charge in [-0.15, -0.1) is 0 Å². The fraction of sp³-hybridized carbons (Fsp3) is 0.125. The summed E-state index contributed by atoms with van der Waals surface area (Å²) >= 11 is 0. The van der Waals surface area contributed by atoms with Crippen molar-refractivity contribution in [2.24, 2.45) is 0 Å². The molecule has 0 amide bonds. The van der Waals surface area contributed by atoms with E-state index in [-0.39, 0.29) is 0 Å². The molecule has 2 aromatic rings. The minimum Gasteiger partial charge on any atom is -0.0619 e. The van der Waals surface area contributed by atoms with Gasteiger partial charge in [-0.1, -0.05) is 60.2 Å². The van der Waals surface area contributed by atoms with Crippen molar-refractivity contribution in [1.82, 2.24) is 0 Å². The van der Waals surface area contributed by atoms with Crippen LogP contribution in [0, 0.1) is 6.92 Å². The lowest BCUT2D eigenvalue weighted by Crippen LogP contribution is -1.85. The lowest BCUT2D eigenvalue weighted by molar-refractivity contribution is 1.31. The summed E-state index contributed by atoms with van der Waals surface area (Å²) in [6.45, 7) is 2.14. The van der Waals surface area contributed by atoms with Crippen LogP contribution >= 0.6 is 0 Å². The molecule has 0 saturated carbocycles. The van der Waals surface area contributed by atoms with Crippen LogP contribution in [0.2, 0.25) is 0 Å². The average molecular weight is 206 g/mol. The van der Waals surface area contributed by atoms with Gasteiger partial charge >= 0.3 is 0 Å². The van der Waals surface area contributed by atoms with Gasteiger partial charge in [-0.25, -0.2) is 0 Å². The first-order chi connectivity index (χ1) is 7.83. The Labute approximate surface area is 96.3 Å². The minimum atomic E-state index is 1.07. The third-order valence-corrected chi connectivity index (χ3v) is 3.15. The summed E-state index contributed by atoms with van der Waals surface area (Å²) in [5.74, 6) is 0. The Morgan fingerprint density at radius 2 is 1.81 bits per heavy atom. The molecule has 3 rings (SSSR count). The van der Waals surface area contributed by atoms with Gasteiger partial charge in [0.15, 0.2) is 0 Å². The Morgan fingerprint density at radius 3 is 2.62 bits per heavy atom. The molecule has 0 N–H and O–H groups in total. The molecule has 0 aliphatic heterocycles. The third kappa shape index (κ3) is 1.57. The highest BCUT2D eigenvalue weighted by Gasteiger charge is 2.12. The fourth-order valence-electron chi connectivity index (χ4n) is 2.31. The molecule has 0 spiro atoms. The van der Waals surface area contributed by atoms with Crippen molar-refractivity contribution >= 4 is 11.6 Å². The van der Waals surface area contributed by atoms with Crippen molar-refractivity contribution in [3.63, 3.8) is 0 Å². The van der Waals surface area contributed by atoms with E-state index in [0.717, 1.165) is 6.42 Å². The molecular weight excluding hydrogens is 192 g/mol. The Kier molecular flexibility index (Phi) is 2.14. The van der Waals surface area contributed by atoms with Crippen molar-refractivity contribution in [2.45, 2.75) is 13.3 Å². The zero-order chi connectivity index (χ0) is 11.0. The Balaban J connectivity index is 2.02. The van der Waals surface area contributed by atoms with E-state index in [1.807, 2.05) is 0 Å². The summed E-state index contributed by atoms with van der Waals surface area (Å²) in [7, 11) is 0. The maximum atomic E-state index is 2.31. The van der Waals surface area contributed by atoms with Crippen LogP contribution in [0.3, 0.4) is 0 Å². The number of allylic oxidation sites excluding steroid dienone is 1. The van der Waals surface area contributed by atoms with Crippen molar-refractivity contribution in [2.75, 3.05) is 0 Å². The highest BCUT2D eigenvalue weighted by molar-refractivity contribution is 5.88. The third-order valence-electron chi connectivity index (χ3n) is 3.15. The van der Waals surface area contributed by atoms with Crippen LogP contribution in [0.15, 0.2) is 48.5 Å². The van der Waals surface area contributed by atoms with E-state index < -0.39 is 0 Å². The van der Waals surface area contributed by atoms with Crippen LogP contribution in [-0.2, 0) is 6.42 Å². The largest absolute Gasteiger partial charge is 0.0619 e. The van der Waals surface area contributed by atoms with Crippen molar-refractivity contribution in [3.8, 4) is 0 Å². The maximum absolute atomic E-state index is 2.31. The lowest BCUT2D eigenvalue weighted by atomic mass is 10.0. The van der Waals surface area contributed by atoms with E-state index >= 15 is 0 Å². The van der Waals surface area contributed by atoms with Crippen LogP contribution in [-0.4, -0.2) is 0 Å². The molecule has 0 atom stereocenters. The second-order valence-electron chi connectivity index (χ2n) is 4.41. The van der Waals surface area contributed by atoms with E-state index in [2.05, 4.69) is 61.5 Å². The van der Waals surface area contributed by atoms with E-state index in [1.165, 1.54) is 27.8 Å². The predicted molar refractivity (Wildman–Crippen MR) is 69.2 cm³/mol. The number of hydrogen-bond donors (Lipinski definition) is 0. The van der Waals surface area contributed by atoms with Crippen LogP contribution in [0.5, 0.6) is 0 Å². The zero-order valence-electron chi connectivity index (χ0n) is 9.40. The summed E-state index contributed by atoms with van der Waals surface area (Å²) < 4.78 is 0. The monoisotopic (exact) mass is 206 g/mol. The maximum Gasteiger partial charge on any atom is -0.00137 e. The molecule has 16 heavy (non-hydrogen) atoms. The van der Waals surface area contributed by atoms with Gasteiger partial charge in [-0.05, 0) is 35.6 Å². The zero-order valence-corrected chi connectivity index (χ0v) is 9.40. The molecule has 0 saturated heterocycles. The number of hydrogen-bond acceptors (Lipinski definition) is 0. The summed E-state index contributed by atoms with van der Waals surface area (Å²) in [4.78, 5) is 0. The van der Waals surface area contributed by atoms with Crippen LogP contribution in [0.1, 0.15) is 22.3 Å². The molecule has 0 nitrogen and oxygen atoms in total. The smallest absolute Gasteiger partial charge is 0.00137 e. The number of fused-ring (bicyclic) bond motifs is 1. The quantitative estimate of drug-likeness (QED) is 0.659. The fourth-order valence-corrected chi connectivity index (χ4v) is 2.31. The molecule has 0 aromatic heterocycles. The molecule has 1 aliphatic carbocycles. The molecule has 0 bridgehead atoms. The van der Waals surface area contributed by atoms with Crippen molar-refractivity contribution in [3.05, 3.63) is 70.8 Å². The molecule has 78 valence electrons. The number of aryl methyl sites for hydroxylation is 1. The highest BCUT2D eigenvalue weighted by Crippen LogP contribution is 2.31. The second-order valence-corrected chi connectivity index (χ2v) is 4.41. The summed E-state index contributed by atoms with van der Waals surface area (Å²) in [5.41, 5.74) is 6.94. The minimum absolute atomic E-state index is 1.07.